The third-order valence-corrected chi connectivity index (χ3v) is 1.14. The van der Waals surface area contributed by atoms with Crippen molar-refractivity contribution in [1.29, 1.82) is 0 Å². The molecule has 0 rings (SSSR count). The van der Waals surface area contributed by atoms with Gasteiger partial charge in [0.1, 0.15) is 0 Å². The van der Waals surface area contributed by atoms with Gasteiger partial charge in [0.15, 0.2) is 0 Å². The molecule has 0 aromatic heterocycles. The molecular weight excluding hydrogens is 176 g/mol. The van der Waals surface area contributed by atoms with Gasteiger partial charge >= 0.3 is 23.1 Å². The minimum atomic E-state index is 0. The fourth-order valence-corrected chi connectivity index (χ4v) is 0. The summed E-state index contributed by atoms with van der Waals surface area (Å²) in [5.74, 6) is 1.34. The molecule has 0 bridgehead atoms. The second kappa shape index (κ2) is 8.25. The van der Waals surface area contributed by atoms with E-state index in [4.69, 9.17) is 0 Å². The summed E-state index contributed by atoms with van der Waals surface area (Å²) in [4.78, 5) is 0. The van der Waals surface area contributed by atoms with Gasteiger partial charge in [-0.05, 0) is 0 Å². The quantitative estimate of drug-likeness (QED) is 0.357. The molecule has 0 N–H and O–H groups in total. The normalized spacial score (nSPS) is 11.6. The molecule has 0 aliphatic heterocycles. The zero-order valence-electron chi connectivity index (χ0n) is 5.95. The van der Waals surface area contributed by atoms with Crippen LogP contribution in [0, 0.1) is 18.8 Å². The number of hydrogen-bond donors (Lipinski definition) is 0. The molecule has 0 saturated heterocycles. The predicted molar refractivity (Wildman–Crippen MR) is 35.1 cm³/mol. The maximum Gasteiger partial charge on any atom is 2.00 e. The standard InChI is InChI=1S/C6H13.BrH.Mg/c1-5(2)6(3)4;;/h5-6H,1H2,2-4H3;1H;/q-1;;+2/p-1. The van der Waals surface area contributed by atoms with Gasteiger partial charge in [-0.1, -0.05) is 26.7 Å². The van der Waals surface area contributed by atoms with Crippen molar-refractivity contribution in [2.75, 3.05) is 0 Å². The Hall–Kier alpha value is 1.25. The van der Waals surface area contributed by atoms with Crippen LogP contribution >= 0.6 is 0 Å². The van der Waals surface area contributed by atoms with Gasteiger partial charge in [0, 0.05) is 0 Å². The van der Waals surface area contributed by atoms with Crippen LogP contribution in [0.5, 0.6) is 0 Å². The van der Waals surface area contributed by atoms with Crippen molar-refractivity contribution in [3.63, 3.8) is 0 Å². The van der Waals surface area contributed by atoms with Crippen molar-refractivity contribution in [3.8, 4) is 0 Å². The van der Waals surface area contributed by atoms with E-state index in [-0.39, 0.29) is 40.0 Å². The molecule has 0 heterocycles. The van der Waals surface area contributed by atoms with E-state index in [1.165, 1.54) is 0 Å². The van der Waals surface area contributed by atoms with E-state index in [2.05, 4.69) is 27.7 Å². The van der Waals surface area contributed by atoms with Gasteiger partial charge in [0.05, 0.1) is 0 Å². The zero-order valence-corrected chi connectivity index (χ0v) is 8.95. The van der Waals surface area contributed by atoms with E-state index in [0.717, 1.165) is 5.92 Å². The summed E-state index contributed by atoms with van der Waals surface area (Å²) in [5, 5.41) is 0. The molecule has 0 saturated carbocycles. The summed E-state index contributed by atoms with van der Waals surface area (Å²) in [6, 6.07) is 0. The topological polar surface area (TPSA) is 0 Å². The minimum Gasteiger partial charge on any atom is -1.00 e. The Morgan fingerprint density at radius 3 is 1.25 bits per heavy atom. The molecule has 0 nitrogen and oxygen atoms in total. The number of rotatable bonds is 1. The summed E-state index contributed by atoms with van der Waals surface area (Å²) in [7, 11) is 0. The van der Waals surface area contributed by atoms with Crippen LogP contribution in [0.1, 0.15) is 20.8 Å². The Morgan fingerprint density at radius 2 is 1.25 bits per heavy atom. The van der Waals surface area contributed by atoms with Crippen LogP contribution < -0.4 is 17.0 Å². The summed E-state index contributed by atoms with van der Waals surface area (Å²) >= 11 is 0. The van der Waals surface area contributed by atoms with E-state index < -0.39 is 0 Å². The monoisotopic (exact) mass is 188 g/mol. The Kier molecular flexibility index (Phi) is 16.6. The third kappa shape index (κ3) is 10.3. The summed E-state index contributed by atoms with van der Waals surface area (Å²) in [6.07, 6.45) is 0. The van der Waals surface area contributed by atoms with Crippen molar-refractivity contribution in [2.24, 2.45) is 11.8 Å². The largest absolute Gasteiger partial charge is 2.00 e. The maximum atomic E-state index is 3.84. The molecular formula is C6H13BrMg. The van der Waals surface area contributed by atoms with Crippen molar-refractivity contribution in [1.82, 2.24) is 0 Å². The minimum absolute atomic E-state index is 0. The van der Waals surface area contributed by atoms with Gasteiger partial charge in [-0.15, -0.1) is 0 Å². The molecule has 46 valence electrons. The van der Waals surface area contributed by atoms with Crippen LogP contribution in [0.25, 0.3) is 0 Å². The van der Waals surface area contributed by atoms with Crippen molar-refractivity contribution in [2.45, 2.75) is 20.8 Å². The van der Waals surface area contributed by atoms with E-state index in [1.54, 1.807) is 0 Å². The van der Waals surface area contributed by atoms with Gasteiger partial charge in [-0.3, -0.25) is 0 Å². The fraction of sp³-hybridized carbons (Fsp3) is 0.833. The number of hydrogen-bond acceptors (Lipinski definition) is 0. The van der Waals surface area contributed by atoms with Crippen LogP contribution in [0.2, 0.25) is 0 Å². The molecule has 1 atom stereocenters. The predicted octanol–water partition coefficient (Wildman–Crippen LogP) is -1.26. The van der Waals surface area contributed by atoms with Crippen LogP contribution in [0.4, 0.5) is 0 Å². The Labute approximate surface area is 79.3 Å². The Morgan fingerprint density at radius 1 is 1.12 bits per heavy atom. The van der Waals surface area contributed by atoms with Crippen LogP contribution in [-0.4, -0.2) is 23.1 Å². The summed E-state index contributed by atoms with van der Waals surface area (Å²) in [5.41, 5.74) is 0. The van der Waals surface area contributed by atoms with E-state index in [1.807, 2.05) is 0 Å². The molecule has 0 amide bonds. The van der Waals surface area contributed by atoms with Crippen LogP contribution in [0.3, 0.4) is 0 Å². The number of halogens is 1. The maximum absolute atomic E-state index is 3.84. The van der Waals surface area contributed by atoms with Gasteiger partial charge in [0.25, 0.3) is 0 Å². The molecule has 8 heavy (non-hydrogen) atoms. The molecule has 1 unspecified atom stereocenters. The van der Waals surface area contributed by atoms with Gasteiger partial charge in [0.2, 0.25) is 0 Å². The Balaban J connectivity index is -0.000000125. The van der Waals surface area contributed by atoms with Crippen molar-refractivity contribution in [3.05, 3.63) is 6.92 Å². The summed E-state index contributed by atoms with van der Waals surface area (Å²) < 4.78 is 0. The average molecular weight is 189 g/mol. The molecule has 0 fully saturated rings. The average Bonchev–Trinajstić information content (AvgIpc) is 1.36. The first-order valence-electron chi connectivity index (χ1n) is 2.47. The fourth-order valence-electron chi connectivity index (χ4n) is 0. The van der Waals surface area contributed by atoms with Crippen LogP contribution in [-0.2, 0) is 0 Å². The zero-order chi connectivity index (χ0) is 5.15. The van der Waals surface area contributed by atoms with Crippen molar-refractivity contribution >= 4 is 23.1 Å². The second-order valence-electron chi connectivity index (χ2n) is 2.22. The van der Waals surface area contributed by atoms with Crippen LogP contribution in [0.15, 0.2) is 0 Å². The molecule has 0 aliphatic rings. The van der Waals surface area contributed by atoms with E-state index in [9.17, 15) is 0 Å². The molecule has 0 aromatic carbocycles. The first-order chi connectivity index (χ1) is 2.64. The Bertz CT molecular complexity index is 29.5. The van der Waals surface area contributed by atoms with Gasteiger partial charge in [-0.2, -0.15) is 5.92 Å². The molecule has 2 heteroatoms. The van der Waals surface area contributed by atoms with E-state index >= 15 is 0 Å². The molecule has 0 radical (unpaired) electrons. The van der Waals surface area contributed by atoms with Crippen molar-refractivity contribution < 1.29 is 17.0 Å². The first kappa shape index (κ1) is 16.1. The second-order valence-corrected chi connectivity index (χ2v) is 2.22. The summed E-state index contributed by atoms with van der Waals surface area (Å²) in [6.45, 7) is 10.3. The third-order valence-electron chi connectivity index (χ3n) is 1.14. The molecule has 0 spiro atoms. The van der Waals surface area contributed by atoms with Gasteiger partial charge in [-0.25, -0.2) is 0 Å². The smallest absolute Gasteiger partial charge is 1.00 e. The van der Waals surface area contributed by atoms with E-state index in [0.29, 0.717) is 5.92 Å². The SMILES string of the molecule is [Br-].[CH2-]C(C)C(C)C.[Mg+2]. The molecule has 0 aliphatic carbocycles. The van der Waals surface area contributed by atoms with Gasteiger partial charge < -0.3 is 23.9 Å². The molecule has 0 aromatic rings. The first-order valence-corrected chi connectivity index (χ1v) is 2.47.